The summed E-state index contributed by atoms with van der Waals surface area (Å²) in [6.07, 6.45) is -0.254. The number of benzene rings is 1. The van der Waals surface area contributed by atoms with Gasteiger partial charge in [0.25, 0.3) is 5.91 Å². The van der Waals surface area contributed by atoms with Gasteiger partial charge in [-0.2, -0.15) is 0 Å². The number of ether oxygens (including phenoxy) is 1. The maximum absolute atomic E-state index is 13.0. The molecule has 0 bridgehead atoms. The third kappa shape index (κ3) is 8.22. The summed E-state index contributed by atoms with van der Waals surface area (Å²) in [6.45, 7) is 7.42. The van der Waals surface area contributed by atoms with Gasteiger partial charge in [0.05, 0.1) is 11.6 Å². The van der Waals surface area contributed by atoms with E-state index in [0.717, 1.165) is 0 Å². The van der Waals surface area contributed by atoms with Crippen LogP contribution in [0.1, 0.15) is 37.0 Å². The van der Waals surface area contributed by atoms with Crippen LogP contribution < -0.4 is 21.7 Å². The molecule has 1 aliphatic carbocycles. The van der Waals surface area contributed by atoms with Crippen molar-refractivity contribution in [3.63, 3.8) is 0 Å². The number of nitrogens with one attached hydrogen (secondary N) is 3. The van der Waals surface area contributed by atoms with Gasteiger partial charge in [-0.25, -0.2) is 4.79 Å². The zero-order chi connectivity index (χ0) is 26.1. The smallest absolute Gasteiger partial charge is 0.407 e. The molecule has 190 valence electrons. The van der Waals surface area contributed by atoms with Crippen molar-refractivity contribution in [1.82, 2.24) is 16.0 Å². The fraction of sp³-hybridized carbons (Fsp3) is 0.417. The average Bonchev–Trinajstić information content (AvgIpc) is 2.79. The van der Waals surface area contributed by atoms with Crippen LogP contribution in [0.4, 0.5) is 4.79 Å². The van der Waals surface area contributed by atoms with Gasteiger partial charge in [0.15, 0.2) is 0 Å². The molecule has 0 spiro atoms. The Balaban J connectivity index is 2.29. The van der Waals surface area contributed by atoms with Gasteiger partial charge < -0.3 is 31.5 Å². The van der Waals surface area contributed by atoms with E-state index in [1.807, 2.05) is 13.8 Å². The van der Waals surface area contributed by atoms with Gasteiger partial charge in [-0.15, -0.1) is 6.58 Å². The number of hydrogen-bond donors (Lipinski definition) is 5. The summed E-state index contributed by atoms with van der Waals surface area (Å²) in [5.41, 5.74) is 5.88. The maximum atomic E-state index is 13.0. The number of nitrogens with two attached hydrogens (primary N) is 1. The third-order valence-corrected chi connectivity index (χ3v) is 5.96. The Kier molecular flexibility index (Phi) is 10.5. The van der Waals surface area contributed by atoms with Crippen LogP contribution in [0, 0.1) is 5.92 Å². The lowest BCUT2D eigenvalue weighted by Gasteiger charge is -2.34. The van der Waals surface area contributed by atoms with E-state index in [9.17, 15) is 24.3 Å². The van der Waals surface area contributed by atoms with Crippen LogP contribution in [0.5, 0.6) is 0 Å². The first-order valence-electron chi connectivity index (χ1n) is 11.1. The summed E-state index contributed by atoms with van der Waals surface area (Å²) in [5, 5.41) is 18.6. The standard InChI is InChI=1S/C24H31BrN4O6/c1-4-9-27-24(34)35-19-12-14(22(32)29-18(21(26)31)10-13(2)3)11-17(20(19)30)28-23(33)15-7-5-6-8-16(15)25/h4-8,11,13,17-20,30H,1,9-10,12H2,2-3H3,(H2,26,31)(H,27,34)(H,28,33)(H,29,32)/t17-,18-,19-,20-/m1/s1. The topological polar surface area (TPSA) is 160 Å². The highest BCUT2D eigenvalue weighted by Gasteiger charge is 2.38. The molecule has 4 amide bonds. The fourth-order valence-electron chi connectivity index (χ4n) is 3.54. The first-order valence-corrected chi connectivity index (χ1v) is 11.9. The Morgan fingerprint density at radius 2 is 1.94 bits per heavy atom. The molecular formula is C24H31BrN4O6. The summed E-state index contributed by atoms with van der Waals surface area (Å²) in [4.78, 5) is 49.8. The first kappa shape index (κ1) is 28.1. The van der Waals surface area contributed by atoms with Crippen LogP contribution in [0.25, 0.3) is 0 Å². The largest absolute Gasteiger partial charge is 0.443 e. The fourth-order valence-corrected chi connectivity index (χ4v) is 4.00. The maximum Gasteiger partial charge on any atom is 0.407 e. The highest BCUT2D eigenvalue weighted by Crippen LogP contribution is 2.24. The molecule has 0 unspecified atom stereocenters. The lowest BCUT2D eigenvalue weighted by atomic mass is 9.89. The molecule has 10 nitrogen and oxygen atoms in total. The van der Waals surface area contributed by atoms with Crippen molar-refractivity contribution in [3.05, 3.63) is 58.6 Å². The molecule has 2 rings (SSSR count). The molecule has 0 aliphatic heterocycles. The number of halogens is 1. The van der Waals surface area contributed by atoms with Gasteiger partial charge >= 0.3 is 6.09 Å². The second kappa shape index (κ2) is 13.1. The minimum absolute atomic E-state index is 0.0935. The van der Waals surface area contributed by atoms with E-state index >= 15 is 0 Å². The second-order valence-electron chi connectivity index (χ2n) is 8.54. The number of aliphatic hydroxyl groups excluding tert-OH is 1. The Hall–Kier alpha value is -3.18. The SMILES string of the molecule is C=CCNC(=O)O[C@@H]1CC(C(=O)N[C@H](CC(C)C)C(N)=O)=C[C@@H](NC(=O)c2ccccc2Br)[C@H]1O. The molecule has 6 N–H and O–H groups in total. The van der Waals surface area contributed by atoms with Gasteiger partial charge in [-0.3, -0.25) is 14.4 Å². The van der Waals surface area contributed by atoms with Gasteiger partial charge in [-0.1, -0.05) is 38.1 Å². The zero-order valence-corrected chi connectivity index (χ0v) is 21.2. The molecule has 1 aliphatic rings. The molecule has 11 heteroatoms. The normalized spacial score (nSPS) is 20.3. The second-order valence-corrected chi connectivity index (χ2v) is 9.39. The number of primary amides is 1. The van der Waals surface area contributed by atoms with Gasteiger partial charge in [0, 0.05) is 23.0 Å². The molecule has 4 atom stereocenters. The number of rotatable bonds is 10. The zero-order valence-electron chi connectivity index (χ0n) is 19.6. The predicted octanol–water partition coefficient (Wildman–Crippen LogP) is 1.54. The minimum atomic E-state index is -1.34. The molecule has 0 saturated heterocycles. The average molecular weight is 551 g/mol. The van der Waals surface area contributed by atoms with E-state index in [0.29, 0.717) is 16.5 Å². The lowest BCUT2D eigenvalue weighted by Crippen LogP contribution is -2.53. The Morgan fingerprint density at radius 3 is 2.54 bits per heavy atom. The van der Waals surface area contributed by atoms with Crippen molar-refractivity contribution < 1.29 is 29.0 Å². The van der Waals surface area contributed by atoms with Crippen LogP contribution in [-0.4, -0.2) is 59.8 Å². The number of aliphatic hydroxyl groups is 1. The molecule has 0 heterocycles. The quantitative estimate of drug-likeness (QED) is 0.278. The van der Waals surface area contributed by atoms with E-state index in [4.69, 9.17) is 10.5 Å². The van der Waals surface area contributed by atoms with E-state index in [1.54, 1.807) is 24.3 Å². The van der Waals surface area contributed by atoms with Crippen molar-refractivity contribution in [2.24, 2.45) is 11.7 Å². The molecular weight excluding hydrogens is 520 g/mol. The van der Waals surface area contributed by atoms with Crippen LogP contribution in [-0.2, 0) is 14.3 Å². The highest BCUT2D eigenvalue weighted by molar-refractivity contribution is 9.10. The summed E-state index contributed by atoms with van der Waals surface area (Å²) >= 11 is 3.31. The van der Waals surface area contributed by atoms with E-state index < -0.39 is 48.1 Å². The van der Waals surface area contributed by atoms with E-state index in [-0.39, 0.29) is 24.5 Å². The highest BCUT2D eigenvalue weighted by atomic mass is 79.9. The number of hydrogen-bond acceptors (Lipinski definition) is 6. The van der Waals surface area contributed by atoms with Gasteiger partial charge in [0.1, 0.15) is 18.2 Å². The van der Waals surface area contributed by atoms with Crippen molar-refractivity contribution in [1.29, 1.82) is 0 Å². The Labute approximate surface area is 212 Å². The van der Waals surface area contributed by atoms with Gasteiger partial charge in [0.2, 0.25) is 11.8 Å². The monoisotopic (exact) mass is 550 g/mol. The number of alkyl carbamates (subject to hydrolysis) is 1. The molecule has 1 aromatic carbocycles. The van der Waals surface area contributed by atoms with E-state index in [1.165, 1.54) is 12.2 Å². The third-order valence-electron chi connectivity index (χ3n) is 5.26. The van der Waals surface area contributed by atoms with Crippen LogP contribution in [0.2, 0.25) is 0 Å². The first-order chi connectivity index (χ1) is 16.5. The van der Waals surface area contributed by atoms with Gasteiger partial charge in [-0.05, 0) is 40.4 Å². The predicted molar refractivity (Wildman–Crippen MR) is 133 cm³/mol. The number of amides is 4. The van der Waals surface area contributed by atoms with Crippen LogP contribution in [0.3, 0.4) is 0 Å². The van der Waals surface area contributed by atoms with Crippen LogP contribution in [0.15, 0.2) is 53.0 Å². The lowest BCUT2D eigenvalue weighted by molar-refractivity contribution is -0.126. The summed E-state index contributed by atoms with van der Waals surface area (Å²) in [6, 6.07) is 4.75. The molecule has 35 heavy (non-hydrogen) atoms. The van der Waals surface area contributed by atoms with Crippen molar-refractivity contribution >= 4 is 39.7 Å². The number of carbonyl (C=O) groups excluding carboxylic acids is 4. The van der Waals surface area contributed by atoms with Crippen molar-refractivity contribution in [2.45, 2.75) is 51.0 Å². The molecule has 0 radical (unpaired) electrons. The minimum Gasteiger partial charge on any atom is -0.443 e. The summed E-state index contributed by atoms with van der Waals surface area (Å²) in [7, 11) is 0. The summed E-state index contributed by atoms with van der Waals surface area (Å²) in [5.74, 6) is -1.71. The molecule has 1 aromatic rings. The molecule has 0 fully saturated rings. The Morgan fingerprint density at radius 1 is 1.26 bits per heavy atom. The summed E-state index contributed by atoms with van der Waals surface area (Å²) < 4.78 is 5.86. The van der Waals surface area contributed by atoms with Crippen LogP contribution >= 0.6 is 15.9 Å². The van der Waals surface area contributed by atoms with Crippen molar-refractivity contribution in [3.8, 4) is 0 Å². The van der Waals surface area contributed by atoms with Crippen molar-refractivity contribution in [2.75, 3.05) is 6.54 Å². The Bertz CT molecular complexity index is 996. The number of carbonyl (C=O) groups is 4. The molecule has 0 aromatic heterocycles. The van der Waals surface area contributed by atoms with E-state index in [2.05, 4.69) is 38.5 Å². The molecule has 0 saturated carbocycles.